The van der Waals surface area contributed by atoms with Gasteiger partial charge in [-0.15, -0.1) is 0 Å². The number of rotatable bonds is 50. The molecule has 6 unspecified atom stereocenters. The molecule has 0 aliphatic heterocycles. The van der Waals surface area contributed by atoms with E-state index in [4.69, 9.17) is 68.3 Å². The fourth-order valence-corrected chi connectivity index (χ4v) is 18.7. The Hall–Kier alpha value is -0.189. The summed E-state index contributed by atoms with van der Waals surface area (Å²) in [4.78, 5) is 6.91. The molecule has 0 spiro atoms. The normalized spacial score (nSPS) is 19.6. The number of hydrogen-bond donors (Lipinski definition) is 3. The zero-order chi connectivity index (χ0) is 59.4. The largest absolute Gasteiger partial charge is 0.515 e. The molecule has 0 aromatic rings. The molecular weight excluding hydrogens is 1100 g/mol. The number of hydrogen-bond acceptors (Lipinski definition) is 21. The van der Waals surface area contributed by atoms with Gasteiger partial charge in [0.15, 0.2) is 0 Å². The quantitative estimate of drug-likeness (QED) is 0.0580. The fraction of sp³-hybridized carbons (Fsp3) is 1.00. The number of aliphatic hydroxyl groups excluding tert-OH is 3. The van der Waals surface area contributed by atoms with Crippen LogP contribution in [0.4, 0.5) is 0 Å². The van der Waals surface area contributed by atoms with Crippen molar-refractivity contribution in [3.05, 3.63) is 0 Å². The molecule has 3 aliphatic carbocycles. The third kappa shape index (κ3) is 29.6. The Bertz CT molecular complexity index is 1430. The summed E-state index contributed by atoms with van der Waals surface area (Å²) < 4.78 is 92.4. The monoisotopic (exact) mass is 1220 g/mol. The summed E-state index contributed by atoms with van der Waals surface area (Å²) in [5, 5.41) is 34.2. The van der Waals surface area contributed by atoms with Crippen LogP contribution in [0, 0.1) is 0 Å². The van der Waals surface area contributed by atoms with Gasteiger partial charge < -0.3 is 83.6 Å². The van der Waals surface area contributed by atoms with Gasteiger partial charge in [-0.2, -0.15) is 0 Å². The van der Waals surface area contributed by atoms with E-state index in [1.165, 1.54) is 19.3 Å². The highest BCUT2D eigenvalue weighted by Crippen LogP contribution is 2.28. The van der Waals surface area contributed by atoms with Crippen molar-refractivity contribution in [2.75, 3.05) is 152 Å². The van der Waals surface area contributed by atoms with Crippen molar-refractivity contribution in [2.45, 2.75) is 219 Å². The summed E-state index contributed by atoms with van der Waals surface area (Å²) in [5.41, 5.74) is 0. The topological polar surface area (TPSA) is 209 Å². The number of nitrogens with zero attached hydrogens (tertiary/aromatic N) is 3. The van der Waals surface area contributed by atoms with Gasteiger partial charge in [0.1, 0.15) is 6.10 Å². The standard InChI is InChI=1S/C57H119N3O18Si3/c1-13-73-79(64-10,74-14-2)45-58(51-28-22-19-23-29-51)34-54(61)40-69-48(7)37-67-43-57(72-39-50(9)71-42-56(63)36-60(53-32-26-21-27-33-53)47-81(66-12,77-17-5)78-18-6)44-68-38-49(8)70-41-55(62)35-59(52-30-24-20-25-31-52)46-80(65-11,75-15-3)76-16-4/h48-57,61-63H,13-47H2,1-12H3. The molecule has 482 valence electrons. The molecule has 0 saturated heterocycles. The third-order valence-corrected chi connectivity index (χ3v) is 24.1. The van der Waals surface area contributed by atoms with Crippen LogP contribution in [0.3, 0.4) is 0 Å². The highest BCUT2D eigenvalue weighted by molar-refractivity contribution is 6.61. The molecule has 0 aromatic heterocycles. The van der Waals surface area contributed by atoms with E-state index in [1.54, 1.807) is 21.3 Å². The second-order valence-electron chi connectivity index (χ2n) is 22.3. The Morgan fingerprint density at radius 3 is 0.864 bits per heavy atom. The summed E-state index contributed by atoms with van der Waals surface area (Å²) >= 11 is 0. The van der Waals surface area contributed by atoms with Gasteiger partial charge >= 0.3 is 26.4 Å². The zero-order valence-corrected chi connectivity index (χ0v) is 55.8. The molecule has 81 heavy (non-hydrogen) atoms. The van der Waals surface area contributed by atoms with E-state index >= 15 is 0 Å². The van der Waals surface area contributed by atoms with Crippen LogP contribution >= 0.6 is 0 Å². The molecule has 3 fully saturated rings. The lowest BCUT2D eigenvalue weighted by Gasteiger charge is -2.39. The van der Waals surface area contributed by atoms with Crippen molar-refractivity contribution < 1.29 is 83.6 Å². The predicted molar refractivity (Wildman–Crippen MR) is 319 cm³/mol. The van der Waals surface area contributed by atoms with E-state index < -0.39 is 50.8 Å². The fourth-order valence-electron chi connectivity index (χ4n) is 11.5. The van der Waals surface area contributed by atoms with Crippen LogP contribution in [0.15, 0.2) is 0 Å². The van der Waals surface area contributed by atoms with Gasteiger partial charge in [-0.05, 0) is 101 Å². The molecular formula is C57H119N3O18Si3. The van der Waals surface area contributed by atoms with Gasteiger partial charge in [0, 0.05) is 98.7 Å². The van der Waals surface area contributed by atoms with Crippen LogP contribution in [0.1, 0.15) is 159 Å². The summed E-state index contributed by atoms with van der Waals surface area (Å²) in [7, 11) is -3.98. The van der Waals surface area contributed by atoms with Gasteiger partial charge in [0.25, 0.3) is 0 Å². The average molecular weight is 1220 g/mol. The SMILES string of the molecule is CCO[Si](CN(CC(O)COC(C)COCC(COCC(C)OCC(O)CN(C[Si](OC)(OCC)OCC)C1CCCCC1)OCC(C)OCC(O)CN(C[Si](OC)(OCC)OCC)C1CCCCC1)C1CCCCC1)(OC)OCC. The van der Waals surface area contributed by atoms with Crippen molar-refractivity contribution >= 4 is 26.4 Å². The van der Waals surface area contributed by atoms with Crippen LogP contribution in [0.5, 0.6) is 0 Å². The molecule has 0 amide bonds. The maximum atomic E-state index is 11.5. The van der Waals surface area contributed by atoms with Gasteiger partial charge in [-0.1, -0.05) is 57.8 Å². The second-order valence-corrected chi connectivity index (χ2v) is 30.4. The van der Waals surface area contributed by atoms with Gasteiger partial charge in [0.05, 0.1) is 108 Å². The Morgan fingerprint density at radius 1 is 0.358 bits per heavy atom. The minimum atomic E-state index is -2.99. The van der Waals surface area contributed by atoms with E-state index in [2.05, 4.69) is 14.7 Å². The maximum Gasteiger partial charge on any atom is 0.515 e. The second kappa shape index (κ2) is 43.5. The molecule has 0 bridgehead atoms. The van der Waals surface area contributed by atoms with Gasteiger partial charge in [-0.25, -0.2) is 0 Å². The van der Waals surface area contributed by atoms with Gasteiger partial charge in [0.2, 0.25) is 0 Å². The van der Waals surface area contributed by atoms with Crippen molar-refractivity contribution in [3.8, 4) is 0 Å². The van der Waals surface area contributed by atoms with Crippen LogP contribution in [-0.2, 0) is 68.3 Å². The molecule has 0 aromatic carbocycles. The number of ether oxygens (including phenoxy) is 6. The van der Waals surface area contributed by atoms with Gasteiger partial charge in [-0.3, -0.25) is 14.7 Å². The molecule has 3 aliphatic rings. The highest BCUT2D eigenvalue weighted by Gasteiger charge is 2.46. The molecule has 3 saturated carbocycles. The third-order valence-electron chi connectivity index (χ3n) is 15.5. The number of aliphatic hydroxyl groups is 3. The molecule has 21 nitrogen and oxygen atoms in total. The van der Waals surface area contributed by atoms with E-state index in [9.17, 15) is 15.3 Å². The van der Waals surface area contributed by atoms with Crippen molar-refractivity contribution in [1.82, 2.24) is 14.7 Å². The molecule has 0 heterocycles. The van der Waals surface area contributed by atoms with E-state index in [0.29, 0.717) is 95.9 Å². The summed E-state index contributed by atoms with van der Waals surface area (Å²) in [5.74, 6) is 0. The average Bonchev–Trinajstić information content (AvgIpc) is 3.50. The Morgan fingerprint density at radius 2 is 0.617 bits per heavy atom. The molecule has 3 N–H and O–H groups in total. The van der Waals surface area contributed by atoms with Crippen molar-refractivity contribution in [3.63, 3.8) is 0 Å². The van der Waals surface area contributed by atoms with Crippen LogP contribution in [-0.4, -0.2) is 269 Å². The van der Waals surface area contributed by atoms with Crippen molar-refractivity contribution in [2.24, 2.45) is 0 Å². The minimum absolute atomic E-state index is 0.122. The predicted octanol–water partition coefficient (Wildman–Crippen LogP) is 6.20. The van der Waals surface area contributed by atoms with E-state index in [-0.39, 0.29) is 71.2 Å². The minimum Gasteiger partial charge on any atom is -0.389 e. The smallest absolute Gasteiger partial charge is 0.389 e. The first-order chi connectivity index (χ1) is 39.1. The molecule has 3 rings (SSSR count). The summed E-state index contributed by atoms with van der Waals surface area (Å²) in [6.07, 6.45) is 14.7. The molecule has 24 heteroatoms. The lowest BCUT2D eigenvalue weighted by Crippen LogP contribution is -2.58. The summed E-state index contributed by atoms with van der Waals surface area (Å²) in [6, 6.07) is 0.911. The molecule has 0 radical (unpaired) electrons. The lowest BCUT2D eigenvalue weighted by atomic mass is 9.94. The van der Waals surface area contributed by atoms with Crippen LogP contribution < -0.4 is 0 Å². The van der Waals surface area contributed by atoms with Crippen molar-refractivity contribution in [1.29, 1.82) is 0 Å². The summed E-state index contributed by atoms with van der Waals surface area (Å²) in [6.45, 7) is 23.3. The highest BCUT2D eigenvalue weighted by atomic mass is 28.4. The Labute approximate surface area is 494 Å². The van der Waals surface area contributed by atoms with E-state index in [1.807, 2.05) is 62.3 Å². The lowest BCUT2D eigenvalue weighted by molar-refractivity contribution is -0.118. The first-order valence-corrected chi connectivity index (χ1v) is 37.3. The first-order valence-electron chi connectivity index (χ1n) is 31.5. The first kappa shape index (κ1) is 75.1. The Balaban J connectivity index is 1.63. The van der Waals surface area contributed by atoms with Crippen LogP contribution in [0.2, 0.25) is 0 Å². The van der Waals surface area contributed by atoms with Crippen LogP contribution in [0.25, 0.3) is 0 Å². The zero-order valence-electron chi connectivity index (χ0n) is 52.8. The maximum absolute atomic E-state index is 11.5. The molecule has 6 atom stereocenters. The Kier molecular flexibility index (Phi) is 40.3. The van der Waals surface area contributed by atoms with E-state index in [0.717, 1.165) is 77.0 Å².